The van der Waals surface area contributed by atoms with Gasteiger partial charge in [-0.05, 0) is 31.9 Å². The first-order chi connectivity index (χ1) is 10.5. The van der Waals surface area contributed by atoms with E-state index in [1.54, 1.807) is 6.92 Å². The minimum Gasteiger partial charge on any atom is -0.450 e. The summed E-state index contributed by atoms with van der Waals surface area (Å²) in [6.07, 6.45) is 0.964. The van der Waals surface area contributed by atoms with Gasteiger partial charge in [-0.15, -0.1) is 0 Å². The summed E-state index contributed by atoms with van der Waals surface area (Å²) in [5, 5.41) is 2.51. The van der Waals surface area contributed by atoms with Crippen molar-refractivity contribution >= 4 is 29.3 Å². The zero-order valence-corrected chi connectivity index (χ0v) is 13.0. The van der Waals surface area contributed by atoms with Crippen LogP contribution in [-0.2, 0) is 9.53 Å². The monoisotopic (exact) mass is 328 g/mol. The van der Waals surface area contributed by atoms with E-state index in [0.717, 1.165) is 0 Å². The van der Waals surface area contributed by atoms with Crippen LogP contribution >= 0.6 is 11.6 Å². The van der Waals surface area contributed by atoms with E-state index in [2.05, 4.69) is 5.32 Å². The third-order valence-corrected chi connectivity index (χ3v) is 3.91. The molecule has 1 atom stereocenters. The summed E-state index contributed by atoms with van der Waals surface area (Å²) in [5.74, 6) is -1.23. The molecule has 1 aliphatic heterocycles. The minimum atomic E-state index is -0.587. The standard InChI is InChI=1S/C15H18ClFN2O3/c1-2-22-15(21)19-8-4-5-10(9-19)14(20)18-12-7-3-6-11(17)13(12)16/h3,6-7,10H,2,4-5,8-9H2,1H3,(H,18,20). The van der Waals surface area contributed by atoms with Crippen molar-refractivity contribution in [2.45, 2.75) is 19.8 Å². The van der Waals surface area contributed by atoms with Gasteiger partial charge >= 0.3 is 6.09 Å². The van der Waals surface area contributed by atoms with E-state index >= 15 is 0 Å². The number of rotatable bonds is 3. The number of benzene rings is 1. The first kappa shape index (κ1) is 16.5. The lowest BCUT2D eigenvalue weighted by Gasteiger charge is -2.31. The molecule has 120 valence electrons. The first-order valence-electron chi connectivity index (χ1n) is 7.19. The van der Waals surface area contributed by atoms with Crippen molar-refractivity contribution in [3.05, 3.63) is 29.0 Å². The van der Waals surface area contributed by atoms with Crippen molar-refractivity contribution < 1.29 is 18.7 Å². The molecule has 0 aromatic heterocycles. The van der Waals surface area contributed by atoms with Crippen LogP contribution in [0.2, 0.25) is 5.02 Å². The van der Waals surface area contributed by atoms with Crippen molar-refractivity contribution in [3.63, 3.8) is 0 Å². The summed E-state index contributed by atoms with van der Waals surface area (Å²) in [7, 11) is 0. The first-order valence-corrected chi connectivity index (χ1v) is 7.57. The number of nitrogens with zero attached hydrogens (tertiary/aromatic N) is 1. The molecular formula is C15H18ClFN2O3. The highest BCUT2D eigenvalue weighted by atomic mass is 35.5. The number of ether oxygens (including phenoxy) is 1. The summed E-state index contributed by atoms with van der Waals surface area (Å²) < 4.78 is 18.3. The number of amides is 2. The maximum absolute atomic E-state index is 13.4. The Labute approximate surface area is 133 Å². The van der Waals surface area contributed by atoms with E-state index in [1.165, 1.54) is 23.1 Å². The molecule has 5 nitrogen and oxygen atoms in total. The lowest BCUT2D eigenvalue weighted by Crippen LogP contribution is -2.44. The van der Waals surface area contributed by atoms with Gasteiger partial charge < -0.3 is 15.0 Å². The van der Waals surface area contributed by atoms with Gasteiger partial charge in [-0.2, -0.15) is 0 Å². The molecule has 0 spiro atoms. The fourth-order valence-corrected chi connectivity index (χ4v) is 2.58. The van der Waals surface area contributed by atoms with Crippen LogP contribution < -0.4 is 5.32 Å². The normalized spacial score (nSPS) is 18.0. The summed E-state index contributed by atoms with van der Waals surface area (Å²) in [4.78, 5) is 25.5. The van der Waals surface area contributed by atoms with Gasteiger partial charge in [-0.3, -0.25) is 4.79 Å². The van der Waals surface area contributed by atoms with Gasteiger partial charge in [-0.1, -0.05) is 17.7 Å². The van der Waals surface area contributed by atoms with Crippen molar-refractivity contribution in [2.75, 3.05) is 25.0 Å². The molecule has 0 saturated carbocycles. The summed E-state index contributed by atoms with van der Waals surface area (Å²) in [6, 6.07) is 4.24. The molecule has 1 aromatic rings. The minimum absolute atomic E-state index is 0.117. The zero-order valence-electron chi connectivity index (χ0n) is 12.3. The molecule has 1 aromatic carbocycles. The van der Waals surface area contributed by atoms with Crippen LogP contribution in [0.25, 0.3) is 0 Å². The molecule has 1 aliphatic rings. The Kier molecular flexibility index (Phi) is 5.60. The van der Waals surface area contributed by atoms with Crippen molar-refractivity contribution in [3.8, 4) is 0 Å². The molecule has 22 heavy (non-hydrogen) atoms. The van der Waals surface area contributed by atoms with Crippen molar-refractivity contribution in [1.29, 1.82) is 0 Å². The molecule has 7 heteroatoms. The van der Waals surface area contributed by atoms with Crippen LogP contribution in [0.3, 0.4) is 0 Å². The zero-order chi connectivity index (χ0) is 16.1. The fraction of sp³-hybridized carbons (Fsp3) is 0.467. The average molecular weight is 329 g/mol. The van der Waals surface area contributed by atoms with Crippen LogP contribution in [0.1, 0.15) is 19.8 Å². The molecule has 2 rings (SSSR count). The Morgan fingerprint density at radius 3 is 3.00 bits per heavy atom. The molecule has 1 fully saturated rings. The quantitative estimate of drug-likeness (QED) is 0.926. The average Bonchev–Trinajstić information content (AvgIpc) is 2.52. The third-order valence-electron chi connectivity index (χ3n) is 3.53. The van der Waals surface area contributed by atoms with Gasteiger partial charge in [0.1, 0.15) is 5.82 Å². The van der Waals surface area contributed by atoms with E-state index < -0.39 is 11.9 Å². The van der Waals surface area contributed by atoms with Crippen molar-refractivity contribution in [2.24, 2.45) is 5.92 Å². The second-order valence-corrected chi connectivity index (χ2v) is 5.45. The van der Waals surface area contributed by atoms with E-state index in [1.807, 2.05) is 0 Å². The van der Waals surface area contributed by atoms with Gasteiger partial charge in [0.05, 0.1) is 23.2 Å². The maximum atomic E-state index is 13.4. The number of carbonyl (C=O) groups excluding carboxylic acids is 2. The molecule has 1 heterocycles. The van der Waals surface area contributed by atoms with Crippen LogP contribution in [0.15, 0.2) is 18.2 Å². The van der Waals surface area contributed by atoms with E-state index in [9.17, 15) is 14.0 Å². The Hall–Kier alpha value is -1.82. The SMILES string of the molecule is CCOC(=O)N1CCCC(C(=O)Nc2cccc(F)c2Cl)C1. The van der Waals surface area contributed by atoms with Crippen LogP contribution in [0.4, 0.5) is 14.9 Å². The Balaban J connectivity index is 2.00. The van der Waals surface area contributed by atoms with Gasteiger partial charge in [0.25, 0.3) is 0 Å². The predicted molar refractivity (Wildman–Crippen MR) is 81.4 cm³/mol. The largest absolute Gasteiger partial charge is 0.450 e. The number of nitrogens with one attached hydrogen (secondary N) is 1. The van der Waals surface area contributed by atoms with Gasteiger partial charge in [-0.25, -0.2) is 9.18 Å². The topological polar surface area (TPSA) is 58.6 Å². The third kappa shape index (κ3) is 3.88. The second-order valence-electron chi connectivity index (χ2n) is 5.07. The van der Waals surface area contributed by atoms with Gasteiger partial charge in [0.15, 0.2) is 0 Å². The lowest BCUT2D eigenvalue weighted by molar-refractivity contribution is -0.121. The number of hydrogen-bond acceptors (Lipinski definition) is 3. The molecule has 0 bridgehead atoms. The lowest BCUT2D eigenvalue weighted by atomic mass is 9.97. The Morgan fingerprint density at radius 1 is 1.50 bits per heavy atom. The molecule has 0 radical (unpaired) electrons. The van der Waals surface area contributed by atoms with E-state index in [0.29, 0.717) is 26.0 Å². The highest BCUT2D eigenvalue weighted by Gasteiger charge is 2.29. The summed E-state index contributed by atoms with van der Waals surface area (Å²) in [6.45, 7) is 2.89. The van der Waals surface area contributed by atoms with Crippen LogP contribution in [0.5, 0.6) is 0 Å². The fourth-order valence-electron chi connectivity index (χ4n) is 2.41. The highest BCUT2D eigenvalue weighted by molar-refractivity contribution is 6.33. The number of anilines is 1. The van der Waals surface area contributed by atoms with Crippen LogP contribution in [-0.4, -0.2) is 36.6 Å². The van der Waals surface area contributed by atoms with Gasteiger partial charge in [0.2, 0.25) is 5.91 Å². The second kappa shape index (κ2) is 7.45. The summed E-state index contributed by atoms with van der Waals surface area (Å²) >= 11 is 5.82. The molecule has 2 amide bonds. The Morgan fingerprint density at radius 2 is 2.27 bits per heavy atom. The Bertz CT molecular complexity index is 568. The molecular weight excluding hydrogens is 311 g/mol. The smallest absolute Gasteiger partial charge is 0.409 e. The maximum Gasteiger partial charge on any atom is 0.409 e. The number of likely N-dealkylation sites (tertiary alicyclic amines) is 1. The number of carbonyl (C=O) groups is 2. The van der Waals surface area contributed by atoms with Crippen LogP contribution in [0, 0.1) is 11.7 Å². The number of piperidine rings is 1. The molecule has 1 N–H and O–H groups in total. The summed E-state index contributed by atoms with van der Waals surface area (Å²) in [5.41, 5.74) is 0.236. The molecule has 0 aliphatic carbocycles. The molecule has 1 saturated heterocycles. The highest BCUT2D eigenvalue weighted by Crippen LogP contribution is 2.26. The van der Waals surface area contributed by atoms with E-state index in [-0.39, 0.29) is 29.1 Å². The van der Waals surface area contributed by atoms with Gasteiger partial charge in [0, 0.05) is 13.1 Å². The number of halogens is 2. The van der Waals surface area contributed by atoms with E-state index in [4.69, 9.17) is 16.3 Å². The number of hydrogen-bond donors (Lipinski definition) is 1. The van der Waals surface area contributed by atoms with Crippen molar-refractivity contribution in [1.82, 2.24) is 4.90 Å². The molecule has 1 unspecified atom stereocenters. The predicted octanol–water partition coefficient (Wildman–Crippen LogP) is 3.29.